The second-order valence-electron chi connectivity index (χ2n) is 2.00. The zero-order valence-corrected chi connectivity index (χ0v) is 8.42. The van der Waals surface area contributed by atoms with Gasteiger partial charge in [-0.05, 0) is 6.42 Å². The van der Waals surface area contributed by atoms with Gasteiger partial charge in [0.25, 0.3) is 10.1 Å². The van der Waals surface area contributed by atoms with Crippen LogP contribution in [-0.2, 0) is 10.1 Å². The van der Waals surface area contributed by atoms with E-state index in [1.54, 1.807) is 0 Å². The van der Waals surface area contributed by atoms with Crippen molar-refractivity contribution in [3.8, 4) is 0 Å². The van der Waals surface area contributed by atoms with Crippen LogP contribution in [0.15, 0.2) is 12.7 Å². The van der Waals surface area contributed by atoms with E-state index < -0.39 is 18.3 Å². The molecule has 0 aliphatic rings. The Balaban J connectivity index is -0.000000187. The summed E-state index contributed by atoms with van der Waals surface area (Å²) in [4.78, 5) is 0. The number of rotatable bonds is 3. The second kappa shape index (κ2) is 6.81. The van der Waals surface area contributed by atoms with Crippen LogP contribution in [0.2, 0.25) is 0 Å². The van der Waals surface area contributed by atoms with Crippen molar-refractivity contribution in [1.82, 2.24) is 0 Å². The Hall–Kier alpha value is 0.327. The number of allylic oxidation sites excluding steroid dienone is 1. The fourth-order valence-corrected chi connectivity index (χ4v) is 0.697. The molecule has 0 saturated carbocycles. The standard InChI is InChI=1S/C4H8O3S.F5P.Li.H/c1-2-3-4-8(5,6)7;1-6(2,3,4)5;;/h2H,1,3-4H2,(H,5,6,7);;;. The summed E-state index contributed by atoms with van der Waals surface area (Å²) in [5.74, 6) is -0.226. The Kier molecular flexibility index (Phi) is 9.40. The van der Waals surface area contributed by atoms with Crippen molar-refractivity contribution in [3.05, 3.63) is 12.7 Å². The molecule has 90 valence electrons. The molecule has 0 spiro atoms. The van der Waals surface area contributed by atoms with Crippen molar-refractivity contribution in [1.29, 1.82) is 0 Å². The summed E-state index contributed by atoms with van der Waals surface area (Å²) in [5, 5.41) is 0. The van der Waals surface area contributed by atoms with Crippen LogP contribution in [-0.4, -0.2) is 37.6 Å². The van der Waals surface area contributed by atoms with Crippen molar-refractivity contribution in [3.63, 3.8) is 0 Å². The third-order valence-electron chi connectivity index (χ3n) is 0.580. The minimum absolute atomic E-state index is 0. The van der Waals surface area contributed by atoms with Crippen LogP contribution in [0.1, 0.15) is 6.42 Å². The molecule has 0 unspecified atom stereocenters. The summed E-state index contributed by atoms with van der Waals surface area (Å²) >= 11 is 0. The number of hydrogen-bond donors (Lipinski definition) is 1. The van der Waals surface area contributed by atoms with Gasteiger partial charge in [-0.25, -0.2) is 0 Å². The van der Waals surface area contributed by atoms with E-state index in [0.717, 1.165) is 0 Å². The van der Waals surface area contributed by atoms with Crippen molar-refractivity contribution in [2.24, 2.45) is 0 Å². The molecule has 0 fully saturated rings. The molecule has 0 heterocycles. The number of halogens is 5. The average Bonchev–Trinajstić information content (AvgIpc) is 1.75. The van der Waals surface area contributed by atoms with Crippen molar-refractivity contribution in [2.45, 2.75) is 6.42 Å². The Morgan fingerprint density at radius 3 is 1.53 bits per heavy atom. The molecule has 0 amide bonds. The van der Waals surface area contributed by atoms with E-state index in [4.69, 9.17) is 4.55 Å². The molecule has 11 heteroatoms. The Bertz CT molecular complexity index is 267. The average molecular weight is 270 g/mol. The van der Waals surface area contributed by atoms with E-state index in [1.807, 2.05) is 0 Å². The van der Waals surface area contributed by atoms with Crippen molar-refractivity contribution < 1.29 is 34.0 Å². The predicted octanol–water partition coefficient (Wildman–Crippen LogP) is 2.76. The minimum atomic E-state index is -8.55. The Morgan fingerprint density at radius 1 is 1.20 bits per heavy atom. The van der Waals surface area contributed by atoms with Gasteiger partial charge in [0.05, 0.1) is 5.75 Å². The van der Waals surface area contributed by atoms with E-state index in [2.05, 4.69) is 6.58 Å². The van der Waals surface area contributed by atoms with Gasteiger partial charge in [-0.1, -0.05) is 6.08 Å². The van der Waals surface area contributed by atoms with Crippen molar-refractivity contribution >= 4 is 37.1 Å². The summed E-state index contributed by atoms with van der Waals surface area (Å²) in [6.45, 7) is 3.29. The third kappa shape index (κ3) is 76.7. The van der Waals surface area contributed by atoms with Gasteiger partial charge >= 0.3 is 48.0 Å². The molecule has 0 rings (SSSR count). The van der Waals surface area contributed by atoms with Gasteiger partial charge in [0.2, 0.25) is 0 Å². The van der Waals surface area contributed by atoms with Crippen LogP contribution in [0.25, 0.3) is 0 Å². The van der Waals surface area contributed by atoms with E-state index in [-0.39, 0.29) is 24.6 Å². The van der Waals surface area contributed by atoms with E-state index in [0.29, 0.717) is 6.42 Å². The SMILES string of the molecule is C=CCCS(=O)(=O)O.FP(F)(F)(F)F.[LiH]. The van der Waals surface area contributed by atoms with E-state index in [1.165, 1.54) is 6.08 Å². The zero-order valence-electron chi connectivity index (χ0n) is 6.71. The van der Waals surface area contributed by atoms with Gasteiger partial charge in [-0.15, -0.1) is 6.58 Å². The van der Waals surface area contributed by atoms with E-state index in [9.17, 15) is 29.4 Å². The fourth-order valence-electron chi connectivity index (χ4n) is 0.232. The Morgan fingerprint density at radius 2 is 1.47 bits per heavy atom. The van der Waals surface area contributed by atoms with Crippen LogP contribution >= 0.6 is 8.16 Å². The molecule has 0 aromatic carbocycles. The first-order valence-electron chi connectivity index (χ1n) is 2.97. The first kappa shape index (κ1) is 20.7. The molecule has 0 aromatic rings. The monoisotopic (exact) mass is 270 g/mol. The zero-order chi connectivity index (χ0) is 12.1. The van der Waals surface area contributed by atoms with E-state index >= 15 is 0 Å². The van der Waals surface area contributed by atoms with Crippen LogP contribution in [0.3, 0.4) is 0 Å². The molecule has 1 N–H and O–H groups in total. The molecule has 0 atom stereocenters. The quantitative estimate of drug-likeness (QED) is 0.282. The van der Waals surface area contributed by atoms with Crippen LogP contribution in [0, 0.1) is 0 Å². The molecule has 0 radical (unpaired) electrons. The molecule has 0 aromatic heterocycles. The summed E-state index contributed by atoms with van der Waals surface area (Å²) in [5.41, 5.74) is 0. The molecular formula is C4H9F5LiO3PS. The summed E-state index contributed by atoms with van der Waals surface area (Å²) in [6.07, 6.45) is 1.74. The maximum atomic E-state index is 9.90. The van der Waals surface area contributed by atoms with Gasteiger partial charge < -0.3 is 0 Å². The van der Waals surface area contributed by atoms with Crippen LogP contribution < -0.4 is 0 Å². The fraction of sp³-hybridized carbons (Fsp3) is 0.500. The van der Waals surface area contributed by atoms with Gasteiger partial charge in [0.1, 0.15) is 0 Å². The molecule has 0 bridgehead atoms. The molecule has 0 saturated heterocycles. The van der Waals surface area contributed by atoms with Crippen LogP contribution in [0.4, 0.5) is 21.0 Å². The first-order valence-corrected chi connectivity index (χ1v) is 6.27. The topological polar surface area (TPSA) is 54.4 Å². The van der Waals surface area contributed by atoms with Gasteiger partial charge in [-0.3, -0.25) is 4.55 Å². The molecule has 15 heavy (non-hydrogen) atoms. The Labute approximate surface area is 96.2 Å². The number of hydrogen-bond acceptors (Lipinski definition) is 2. The summed E-state index contributed by atoms with van der Waals surface area (Å²) in [6, 6.07) is 0. The molecule has 3 nitrogen and oxygen atoms in total. The van der Waals surface area contributed by atoms with Gasteiger partial charge in [0, 0.05) is 0 Å². The normalized spacial score (nSPS) is 13.6. The summed E-state index contributed by atoms with van der Waals surface area (Å²) in [7, 11) is -12.3. The second-order valence-corrected chi connectivity index (χ2v) is 4.85. The predicted molar refractivity (Wildman–Crippen MR) is 50.8 cm³/mol. The van der Waals surface area contributed by atoms with Crippen molar-refractivity contribution in [2.75, 3.05) is 5.75 Å². The molecule has 0 aliphatic carbocycles. The third-order valence-corrected chi connectivity index (χ3v) is 1.33. The molecular weight excluding hydrogens is 261 g/mol. The van der Waals surface area contributed by atoms with Crippen LogP contribution in [0.5, 0.6) is 0 Å². The molecule has 0 aliphatic heterocycles. The van der Waals surface area contributed by atoms with Gasteiger partial charge in [0.15, 0.2) is 0 Å². The first-order chi connectivity index (χ1) is 5.80. The maximum absolute atomic E-state index is 9.90. The van der Waals surface area contributed by atoms with Gasteiger partial charge in [-0.2, -0.15) is 8.42 Å². The summed E-state index contributed by atoms with van der Waals surface area (Å²) < 4.78 is 77.1.